The van der Waals surface area contributed by atoms with E-state index in [1.165, 1.54) is 6.42 Å². The number of nitrogens with one attached hydrogen (secondary N) is 2. The second-order valence-electron chi connectivity index (χ2n) is 7.92. The van der Waals surface area contributed by atoms with Crippen LogP contribution in [0.1, 0.15) is 44.9 Å². The van der Waals surface area contributed by atoms with Crippen LogP contribution in [0.5, 0.6) is 0 Å². The van der Waals surface area contributed by atoms with Gasteiger partial charge in [0.25, 0.3) is 0 Å². The Labute approximate surface area is 143 Å². The van der Waals surface area contributed by atoms with E-state index < -0.39 is 0 Å². The number of amides is 2. The number of likely N-dealkylation sites (tertiary alicyclic amines) is 1. The van der Waals surface area contributed by atoms with Crippen LogP contribution in [0.3, 0.4) is 0 Å². The van der Waals surface area contributed by atoms with E-state index in [2.05, 4.69) is 10.6 Å². The monoisotopic (exact) mass is 335 g/mol. The second-order valence-corrected chi connectivity index (χ2v) is 7.92. The van der Waals surface area contributed by atoms with Crippen molar-refractivity contribution in [2.45, 2.75) is 57.0 Å². The number of nitrogens with zero attached hydrogens (tertiary/aromatic N) is 1. The number of carbonyl (C=O) groups is 2. The lowest BCUT2D eigenvalue weighted by Gasteiger charge is -2.37. The fraction of sp³-hybridized carbons (Fsp3) is 0.889. The van der Waals surface area contributed by atoms with Crippen molar-refractivity contribution in [1.29, 1.82) is 0 Å². The zero-order chi connectivity index (χ0) is 16.6. The van der Waals surface area contributed by atoms with Crippen LogP contribution in [-0.4, -0.2) is 61.6 Å². The van der Waals surface area contributed by atoms with Gasteiger partial charge in [0, 0.05) is 32.3 Å². The van der Waals surface area contributed by atoms with Gasteiger partial charge in [-0.15, -0.1) is 0 Å². The van der Waals surface area contributed by atoms with E-state index >= 15 is 0 Å². The van der Waals surface area contributed by atoms with Crippen molar-refractivity contribution in [3.63, 3.8) is 0 Å². The third-order valence-corrected chi connectivity index (χ3v) is 6.67. The molecule has 0 spiro atoms. The number of carbonyl (C=O) groups excluding carboxylic acids is 2. The standard InChI is InChI=1S/C18H29N3O3/c22-16-15(4-8-21(16)14-5-9-24-10-6-14)20-17(23)18-7-2-1-3-13(18)11-19-12-18/h13-15,19H,1-12H2,(H,20,23)/t13-,15?,18+/m0/s1. The maximum absolute atomic E-state index is 13.0. The van der Waals surface area contributed by atoms with Crippen molar-refractivity contribution in [1.82, 2.24) is 15.5 Å². The molecule has 0 aromatic rings. The first kappa shape index (κ1) is 16.3. The van der Waals surface area contributed by atoms with Gasteiger partial charge in [0.15, 0.2) is 0 Å². The molecule has 0 bridgehead atoms. The molecule has 4 fully saturated rings. The van der Waals surface area contributed by atoms with Crippen molar-refractivity contribution < 1.29 is 14.3 Å². The van der Waals surface area contributed by atoms with Gasteiger partial charge in [-0.2, -0.15) is 0 Å². The van der Waals surface area contributed by atoms with Crippen molar-refractivity contribution in [2.75, 3.05) is 32.8 Å². The van der Waals surface area contributed by atoms with Gasteiger partial charge in [-0.05, 0) is 44.6 Å². The first-order valence-electron chi connectivity index (χ1n) is 9.61. The lowest BCUT2D eigenvalue weighted by atomic mass is 9.67. The van der Waals surface area contributed by atoms with Gasteiger partial charge in [-0.25, -0.2) is 0 Å². The van der Waals surface area contributed by atoms with Crippen LogP contribution in [0.2, 0.25) is 0 Å². The molecule has 2 amide bonds. The highest BCUT2D eigenvalue weighted by Crippen LogP contribution is 2.44. The topological polar surface area (TPSA) is 70.7 Å². The Hall–Kier alpha value is -1.14. The first-order chi connectivity index (χ1) is 11.7. The molecule has 1 unspecified atom stereocenters. The average molecular weight is 335 g/mol. The third kappa shape index (κ3) is 2.73. The van der Waals surface area contributed by atoms with Crippen molar-refractivity contribution in [3.8, 4) is 0 Å². The Morgan fingerprint density at radius 3 is 2.88 bits per heavy atom. The van der Waals surface area contributed by atoms with E-state index in [9.17, 15) is 9.59 Å². The number of fused-ring (bicyclic) bond motifs is 1. The second kappa shape index (κ2) is 6.64. The minimum Gasteiger partial charge on any atom is -0.381 e. The summed E-state index contributed by atoms with van der Waals surface area (Å²) in [6.45, 7) is 3.96. The minimum absolute atomic E-state index is 0.115. The molecular weight excluding hydrogens is 306 g/mol. The SMILES string of the molecule is O=C1C(NC(=O)[C@@]23CCCC[C@H]2CNC3)CCN1C1CCOCC1. The zero-order valence-corrected chi connectivity index (χ0v) is 14.4. The quantitative estimate of drug-likeness (QED) is 0.795. The van der Waals surface area contributed by atoms with Crippen LogP contribution in [0.25, 0.3) is 0 Å². The van der Waals surface area contributed by atoms with Crippen LogP contribution < -0.4 is 10.6 Å². The predicted octanol–water partition coefficient (Wildman–Crippen LogP) is 0.662. The minimum atomic E-state index is -0.321. The molecule has 3 aliphatic heterocycles. The fourth-order valence-electron chi connectivity index (χ4n) is 5.19. The average Bonchev–Trinajstić information content (AvgIpc) is 3.21. The maximum atomic E-state index is 13.0. The van der Waals surface area contributed by atoms with E-state index in [1.54, 1.807) is 0 Å². The number of ether oxygens (including phenoxy) is 1. The van der Waals surface area contributed by atoms with E-state index in [-0.39, 0.29) is 23.3 Å². The molecule has 2 N–H and O–H groups in total. The molecule has 0 aromatic carbocycles. The molecule has 1 aliphatic carbocycles. The van der Waals surface area contributed by atoms with Crippen molar-refractivity contribution in [2.24, 2.45) is 11.3 Å². The molecule has 3 heterocycles. The lowest BCUT2D eigenvalue weighted by molar-refractivity contribution is -0.140. The highest BCUT2D eigenvalue weighted by molar-refractivity contribution is 5.92. The summed E-state index contributed by atoms with van der Waals surface area (Å²) in [6, 6.07) is -0.0280. The Balaban J connectivity index is 1.40. The Bertz CT molecular complexity index is 506. The molecule has 6 nitrogen and oxygen atoms in total. The largest absolute Gasteiger partial charge is 0.381 e. The summed E-state index contributed by atoms with van der Waals surface area (Å²) in [6.07, 6.45) is 7.02. The summed E-state index contributed by atoms with van der Waals surface area (Å²) in [4.78, 5) is 27.8. The normalized spacial score (nSPS) is 37.5. The molecule has 134 valence electrons. The number of hydrogen-bond acceptors (Lipinski definition) is 4. The van der Waals surface area contributed by atoms with E-state index in [1.807, 2.05) is 4.90 Å². The maximum Gasteiger partial charge on any atom is 0.245 e. The first-order valence-corrected chi connectivity index (χ1v) is 9.61. The molecule has 0 radical (unpaired) electrons. The van der Waals surface area contributed by atoms with E-state index in [0.717, 1.165) is 71.4 Å². The van der Waals surface area contributed by atoms with Gasteiger partial charge >= 0.3 is 0 Å². The van der Waals surface area contributed by atoms with Crippen molar-refractivity contribution >= 4 is 11.8 Å². The summed E-state index contributed by atoms with van der Waals surface area (Å²) in [5.74, 6) is 0.670. The molecule has 4 rings (SSSR count). The van der Waals surface area contributed by atoms with Crippen molar-refractivity contribution in [3.05, 3.63) is 0 Å². The summed E-state index contributed by atoms with van der Waals surface area (Å²) in [5.41, 5.74) is -0.273. The number of rotatable bonds is 3. The number of hydrogen-bond donors (Lipinski definition) is 2. The summed E-state index contributed by atoms with van der Waals surface area (Å²) in [5, 5.41) is 6.54. The predicted molar refractivity (Wildman–Crippen MR) is 89.4 cm³/mol. The molecule has 1 saturated carbocycles. The fourth-order valence-corrected chi connectivity index (χ4v) is 5.19. The molecular formula is C18H29N3O3. The molecule has 3 saturated heterocycles. The Morgan fingerprint density at radius 1 is 1.21 bits per heavy atom. The van der Waals surface area contributed by atoms with Crippen LogP contribution in [0.15, 0.2) is 0 Å². The lowest BCUT2D eigenvalue weighted by Crippen LogP contribution is -2.53. The van der Waals surface area contributed by atoms with Crippen LogP contribution in [0, 0.1) is 11.3 Å². The highest BCUT2D eigenvalue weighted by atomic mass is 16.5. The van der Waals surface area contributed by atoms with Crippen LogP contribution in [0.4, 0.5) is 0 Å². The molecule has 6 heteroatoms. The van der Waals surface area contributed by atoms with E-state index in [4.69, 9.17) is 4.74 Å². The van der Waals surface area contributed by atoms with Gasteiger partial charge < -0.3 is 20.3 Å². The highest BCUT2D eigenvalue weighted by Gasteiger charge is 2.51. The van der Waals surface area contributed by atoms with Gasteiger partial charge in [0.05, 0.1) is 5.41 Å². The smallest absolute Gasteiger partial charge is 0.245 e. The molecule has 4 aliphatic rings. The van der Waals surface area contributed by atoms with E-state index in [0.29, 0.717) is 12.0 Å². The summed E-state index contributed by atoms with van der Waals surface area (Å²) in [7, 11) is 0. The van der Waals surface area contributed by atoms with Gasteiger partial charge in [0.1, 0.15) is 6.04 Å². The summed E-state index contributed by atoms with van der Waals surface area (Å²) >= 11 is 0. The summed E-state index contributed by atoms with van der Waals surface area (Å²) < 4.78 is 5.40. The molecule has 0 aromatic heterocycles. The Morgan fingerprint density at radius 2 is 2.04 bits per heavy atom. The van der Waals surface area contributed by atoms with Gasteiger partial charge in [-0.1, -0.05) is 12.8 Å². The third-order valence-electron chi connectivity index (χ3n) is 6.67. The van der Waals surface area contributed by atoms with Crippen LogP contribution >= 0.6 is 0 Å². The molecule has 3 atom stereocenters. The van der Waals surface area contributed by atoms with Crippen LogP contribution in [-0.2, 0) is 14.3 Å². The van der Waals surface area contributed by atoms with Gasteiger partial charge in [-0.3, -0.25) is 9.59 Å². The zero-order valence-electron chi connectivity index (χ0n) is 14.4. The molecule has 24 heavy (non-hydrogen) atoms. The Kier molecular flexibility index (Phi) is 4.52. The van der Waals surface area contributed by atoms with Gasteiger partial charge in [0.2, 0.25) is 11.8 Å².